The molecule has 9 heteroatoms. The summed E-state index contributed by atoms with van der Waals surface area (Å²) < 4.78 is 10.7. The second-order valence-electron chi connectivity index (χ2n) is 9.88. The van der Waals surface area contributed by atoms with Crippen molar-refractivity contribution < 1.29 is 4.74 Å². The lowest BCUT2D eigenvalue weighted by atomic mass is 9.96. The number of halogens is 1. The Balaban J connectivity index is 1.59. The van der Waals surface area contributed by atoms with Crippen LogP contribution in [0.5, 0.6) is 0 Å². The molecular weight excluding hydrogens is 484 g/mol. The Bertz CT molecular complexity index is 1110. The van der Waals surface area contributed by atoms with E-state index in [1.807, 2.05) is 27.7 Å². The first-order chi connectivity index (χ1) is 15.4. The number of ether oxygens (including phenoxy) is 1. The van der Waals surface area contributed by atoms with Gasteiger partial charge in [-0.2, -0.15) is 10.4 Å². The standard InChI is InChI=1S/C23H31BrN6OSi/c1-32(2,3)13-12-31-16-29-11-9-18-21(26-15-27-23(18)29)19-14-30(28-22(19)24)20(8-10-25)17-6-4-5-7-17/h9,11,14-15,17,20H,4-8,12-13,16H2,1-3H3. The maximum absolute atomic E-state index is 9.39. The number of nitriles is 1. The molecule has 1 fully saturated rings. The highest BCUT2D eigenvalue weighted by atomic mass is 79.9. The number of hydrogen-bond acceptors (Lipinski definition) is 5. The zero-order valence-electron chi connectivity index (χ0n) is 19.1. The summed E-state index contributed by atoms with van der Waals surface area (Å²) in [6.07, 6.45) is 10.9. The third-order valence-electron chi connectivity index (χ3n) is 6.31. The van der Waals surface area contributed by atoms with Gasteiger partial charge >= 0.3 is 0 Å². The number of aromatic nitrogens is 5. The first-order valence-electron chi connectivity index (χ1n) is 11.4. The zero-order valence-corrected chi connectivity index (χ0v) is 21.7. The summed E-state index contributed by atoms with van der Waals surface area (Å²) in [5, 5.41) is 15.1. The minimum absolute atomic E-state index is 0.106. The van der Waals surface area contributed by atoms with Crippen LogP contribution in [-0.4, -0.2) is 39.0 Å². The molecule has 7 nitrogen and oxygen atoms in total. The first kappa shape index (κ1) is 23.1. The van der Waals surface area contributed by atoms with Crippen LogP contribution in [0.1, 0.15) is 38.1 Å². The molecule has 1 unspecified atom stereocenters. The Labute approximate surface area is 198 Å². The molecule has 0 amide bonds. The highest BCUT2D eigenvalue weighted by Crippen LogP contribution is 2.38. The van der Waals surface area contributed by atoms with Crippen LogP contribution in [0.2, 0.25) is 25.7 Å². The second kappa shape index (κ2) is 9.85. The first-order valence-corrected chi connectivity index (χ1v) is 15.9. The Morgan fingerprint density at radius 2 is 2.06 bits per heavy atom. The molecule has 32 heavy (non-hydrogen) atoms. The van der Waals surface area contributed by atoms with Crippen LogP contribution in [0.25, 0.3) is 22.3 Å². The maximum atomic E-state index is 9.39. The highest BCUT2D eigenvalue weighted by Gasteiger charge is 2.28. The van der Waals surface area contributed by atoms with Crippen molar-refractivity contribution in [3.8, 4) is 17.3 Å². The fourth-order valence-electron chi connectivity index (χ4n) is 4.47. The van der Waals surface area contributed by atoms with Crippen molar-refractivity contribution in [3.05, 3.63) is 29.4 Å². The van der Waals surface area contributed by atoms with Gasteiger partial charge in [0.1, 0.15) is 23.3 Å². The Hall–Kier alpha value is -2.02. The van der Waals surface area contributed by atoms with E-state index in [1.54, 1.807) is 6.33 Å². The Kier molecular flexibility index (Phi) is 7.13. The van der Waals surface area contributed by atoms with E-state index >= 15 is 0 Å². The minimum atomic E-state index is -1.11. The van der Waals surface area contributed by atoms with E-state index in [1.165, 1.54) is 12.8 Å². The zero-order chi connectivity index (χ0) is 22.7. The summed E-state index contributed by atoms with van der Waals surface area (Å²) in [5.41, 5.74) is 2.62. The van der Waals surface area contributed by atoms with Crippen molar-refractivity contribution >= 4 is 35.0 Å². The van der Waals surface area contributed by atoms with Crippen LogP contribution >= 0.6 is 15.9 Å². The summed E-state index contributed by atoms with van der Waals surface area (Å²) in [4.78, 5) is 9.10. The number of nitrogens with zero attached hydrogens (tertiary/aromatic N) is 6. The van der Waals surface area contributed by atoms with Gasteiger partial charge < -0.3 is 9.30 Å². The largest absolute Gasteiger partial charge is 0.361 e. The molecule has 0 aromatic carbocycles. The molecule has 0 radical (unpaired) electrons. The lowest BCUT2D eigenvalue weighted by Crippen LogP contribution is -2.22. The van der Waals surface area contributed by atoms with Gasteiger partial charge in [-0.25, -0.2) is 9.97 Å². The van der Waals surface area contributed by atoms with Crippen LogP contribution in [0.4, 0.5) is 0 Å². The smallest absolute Gasteiger partial charge is 0.145 e. The van der Waals surface area contributed by atoms with Gasteiger partial charge in [-0.3, -0.25) is 4.68 Å². The van der Waals surface area contributed by atoms with Crippen molar-refractivity contribution in [1.29, 1.82) is 5.26 Å². The lowest BCUT2D eigenvalue weighted by molar-refractivity contribution is 0.0899. The third-order valence-corrected chi connectivity index (χ3v) is 8.60. The molecule has 1 aliphatic rings. The predicted molar refractivity (Wildman–Crippen MR) is 132 cm³/mol. The fraction of sp³-hybridized carbons (Fsp3) is 0.565. The Morgan fingerprint density at radius 3 is 2.78 bits per heavy atom. The van der Waals surface area contributed by atoms with Gasteiger partial charge in [-0.15, -0.1) is 0 Å². The summed E-state index contributed by atoms with van der Waals surface area (Å²) in [6, 6.07) is 5.65. The van der Waals surface area contributed by atoms with Gasteiger partial charge in [0, 0.05) is 32.5 Å². The SMILES string of the molecule is C[Si](C)(C)CCOCn1ccc2c(-c3cn(C(CC#N)C4CCCC4)nc3Br)ncnc21. The van der Waals surface area contributed by atoms with Crippen LogP contribution in [0.3, 0.4) is 0 Å². The Morgan fingerprint density at radius 1 is 1.28 bits per heavy atom. The molecule has 0 aliphatic heterocycles. The topological polar surface area (TPSA) is 81.5 Å². The molecule has 1 saturated carbocycles. The molecule has 1 aliphatic carbocycles. The van der Waals surface area contributed by atoms with Crippen LogP contribution in [-0.2, 0) is 11.5 Å². The average Bonchev–Trinajstić information content (AvgIpc) is 3.49. The van der Waals surface area contributed by atoms with Crippen molar-refractivity contribution in [2.24, 2.45) is 5.92 Å². The van der Waals surface area contributed by atoms with E-state index in [0.29, 0.717) is 19.1 Å². The van der Waals surface area contributed by atoms with Gasteiger partial charge in [-0.1, -0.05) is 32.5 Å². The van der Waals surface area contributed by atoms with E-state index in [4.69, 9.17) is 9.84 Å². The second-order valence-corrected chi connectivity index (χ2v) is 16.3. The van der Waals surface area contributed by atoms with E-state index in [0.717, 1.165) is 52.4 Å². The van der Waals surface area contributed by atoms with Crippen molar-refractivity contribution in [1.82, 2.24) is 24.3 Å². The van der Waals surface area contributed by atoms with E-state index < -0.39 is 8.07 Å². The van der Waals surface area contributed by atoms with Gasteiger partial charge in [0.15, 0.2) is 0 Å². The fourth-order valence-corrected chi connectivity index (χ4v) is 5.70. The molecule has 1 atom stereocenters. The third kappa shape index (κ3) is 5.13. The monoisotopic (exact) mass is 514 g/mol. The number of fused-ring (bicyclic) bond motifs is 1. The van der Waals surface area contributed by atoms with Crippen LogP contribution in [0, 0.1) is 17.2 Å². The van der Waals surface area contributed by atoms with Gasteiger partial charge in [0.25, 0.3) is 0 Å². The highest BCUT2D eigenvalue weighted by molar-refractivity contribution is 9.10. The molecule has 170 valence electrons. The molecule has 0 N–H and O–H groups in total. The number of hydrogen-bond donors (Lipinski definition) is 0. The molecular formula is C23H31BrN6OSi. The van der Waals surface area contributed by atoms with E-state index in [2.05, 4.69) is 51.6 Å². The van der Waals surface area contributed by atoms with Crippen molar-refractivity contribution in [2.75, 3.05) is 6.61 Å². The molecule has 3 aromatic rings. The minimum Gasteiger partial charge on any atom is -0.361 e. The average molecular weight is 516 g/mol. The normalized spacial score (nSPS) is 16.0. The lowest BCUT2D eigenvalue weighted by Gasteiger charge is -2.21. The van der Waals surface area contributed by atoms with E-state index in [9.17, 15) is 5.26 Å². The molecule has 0 bridgehead atoms. The number of rotatable bonds is 9. The quantitative estimate of drug-likeness (QED) is 0.257. The predicted octanol–water partition coefficient (Wildman–Crippen LogP) is 6.01. The summed E-state index contributed by atoms with van der Waals surface area (Å²) in [7, 11) is -1.11. The van der Waals surface area contributed by atoms with Gasteiger partial charge in [-0.05, 0) is 46.8 Å². The van der Waals surface area contributed by atoms with Crippen molar-refractivity contribution in [3.63, 3.8) is 0 Å². The van der Waals surface area contributed by atoms with Crippen LogP contribution in [0.15, 0.2) is 29.4 Å². The molecule has 0 spiro atoms. The summed E-state index contributed by atoms with van der Waals surface area (Å²) >= 11 is 3.64. The van der Waals surface area contributed by atoms with Crippen molar-refractivity contribution in [2.45, 2.75) is 70.6 Å². The van der Waals surface area contributed by atoms with E-state index in [-0.39, 0.29) is 6.04 Å². The summed E-state index contributed by atoms with van der Waals surface area (Å²) in [5.74, 6) is 0.508. The molecule has 4 rings (SSSR count). The van der Waals surface area contributed by atoms with Gasteiger partial charge in [0.2, 0.25) is 0 Å². The molecule has 3 heterocycles. The molecule has 0 saturated heterocycles. The van der Waals surface area contributed by atoms with Gasteiger partial charge in [0.05, 0.1) is 29.8 Å². The summed E-state index contributed by atoms with van der Waals surface area (Å²) in [6.45, 7) is 8.32. The van der Waals surface area contributed by atoms with Crippen LogP contribution < -0.4 is 0 Å². The maximum Gasteiger partial charge on any atom is 0.145 e. The molecule has 3 aromatic heterocycles.